The van der Waals surface area contributed by atoms with Gasteiger partial charge in [0.25, 0.3) is 0 Å². The van der Waals surface area contributed by atoms with Gasteiger partial charge in [0.05, 0.1) is 27.3 Å². The standard InChI is InChI=1S/C40H37N2/c1-23-13-33-32-10-9-29(28-7-5-4-6-8-28)18-34(32)42-35-19-31(40-20-25-14-26(21-40)16-27(15-25)22-40)17-30-11-12-41(3)39(37(30)35)36(24(23)2)38(33)42/h4-13,17-19,25-27H,14-16,20-22H2,1-3H3/q+1. The van der Waals surface area contributed by atoms with Crippen LogP contribution in [0.4, 0.5) is 0 Å². The van der Waals surface area contributed by atoms with Crippen molar-refractivity contribution in [2.24, 2.45) is 24.8 Å². The van der Waals surface area contributed by atoms with Gasteiger partial charge in [-0.2, -0.15) is 0 Å². The summed E-state index contributed by atoms with van der Waals surface area (Å²) in [6.07, 6.45) is 10.9. The molecule has 4 fully saturated rings. The molecule has 0 saturated heterocycles. The highest BCUT2D eigenvalue weighted by Gasteiger charge is 2.51. The number of fused-ring (bicyclic) bond motifs is 5. The Morgan fingerprint density at radius 3 is 2.19 bits per heavy atom. The van der Waals surface area contributed by atoms with Crippen LogP contribution in [0.25, 0.3) is 60.1 Å². The highest BCUT2D eigenvalue weighted by atomic mass is 15.0. The zero-order valence-corrected chi connectivity index (χ0v) is 24.9. The Balaban J connectivity index is 1.40. The molecule has 0 N–H and O–H groups in total. The SMILES string of the molecule is Cc1cc2c3ccc(-c4ccccc4)cc3n3c4cc(C56CC7CC(CC(C7)C5)C6)cc5cc[n+](C)c(c(c1C)c23)c54. The molecule has 42 heavy (non-hydrogen) atoms. The summed E-state index contributed by atoms with van der Waals surface area (Å²) in [5.74, 6) is 2.81. The van der Waals surface area contributed by atoms with Crippen LogP contribution >= 0.6 is 0 Å². The van der Waals surface area contributed by atoms with Gasteiger partial charge in [-0.25, -0.2) is 4.57 Å². The maximum Gasteiger partial charge on any atom is 0.224 e. The van der Waals surface area contributed by atoms with Gasteiger partial charge < -0.3 is 4.40 Å². The Bertz CT molecular complexity index is 2210. The molecule has 0 aliphatic heterocycles. The van der Waals surface area contributed by atoms with Gasteiger partial charge in [-0.15, -0.1) is 0 Å². The van der Waals surface area contributed by atoms with Gasteiger partial charge in [-0.1, -0.05) is 42.5 Å². The van der Waals surface area contributed by atoms with Crippen LogP contribution in [0.2, 0.25) is 0 Å². The monoisotopic (exact) mass is 545 g/mol. The van der Waals surface area contributed by atoms with E-state index in [0.29, 0.717) is 5.41 Å². The Morgan fingerprint density at radius 1 is 0.714 bits per heavy atom. The van der Waals surface area contributed by atoms with Gasteiger partial charge in [-0.05, 0) is 133 Å². The Hall–Kier alpha value is -3.91. The quantitative estimate of drug-likeness (QED) is 0.116. The molecule has 4 aliphatic carbocycles. The molecule has 4 aliphatic rings. The van der Waals surface area contributed by atoms with Crippen LogP contribution in [-0.4, -0.2) is 4.40 Å². The second-order valence-electron chi connectivity index (χ2n) is 14.5. The predicted octanol–water partition coefficient (Wildman–Crippen LogP) is 9.57. The van der Waals surface area contributed by atoms with Crippen LogP contribution in [0.3, 0.4) is 0 Å². The van der Waals surface area contributed by atoms with E-state index in [1.165, 1.54) is 110 Å². The van der Waals surface area contributed by atoms with E-state index in [1.54, 1.807) is 5.56 Å². The molecule has 2 heteroatoms. The van der Waals surface area contributed by atoms with Crippen molar-refractivity contribution in [3.63, 3.8) is 0 Å². The first-order chi connectivity index (χ1) is 20.5. The molecule has 0 radical (unpaired) electrons. The lowest BCUT2D eigenvalue weighted by Crippen LogP contribution is -2.48. The fourth-order valence-electron chi connectivity index (χ4n) is 10.5. The number of hydrogen-bond donors (Lipinski definition) is 0. The number of hydrogen-bond acceptors (Lipinski definition) is 0. The zero-order chi connectivity index (χ0) is 27.9. The van der Waals surface area contributed by atoms with Crippen LogP contribution in [-0.2, 0) is 12.5 Å². The number of pyridine rings is 2. The molecule has 0 atom stereocenters. The second-order valence-corrected chi connectivity index (χ2v) is 14.5. The molecule has 4 bridgehead atoms. The molecule has 0 amide bonds. The van der Waals surface area contributed by atoms with Crippen LogP contribution in [0.1, 0.15) is 55.2 Å². The number of aromatic nitrogens is 2. The first kappa shape index (κ1) is 23.6. The van der Waals surface area contributed by atoms with Crippen molar-refractivity contribution in [3.8, 4) is 11.1 Å². The first-order valence-corrected chi connectivity index (χ1v) is 16.1. The van der Waals surface area contributed by atoms with Crippen molar-refractivity contribution < 1.29 is 4.57 Å². The average molecular weight is 546 g/mol. The van der Waals surface area contributed by atoms with Gasteiger partial charge >= 0.3 is 0 Å². The Kier molecular flexibility index (Phi) is 4.46. The number of aryl methyl sites for hydroxylation is 3. The van der Waals surface area contributed by atoms with Crippen molar-refractivity contribution in [3.05, 3.63) is 95.7 Å². The van der Waals surface area contributed by atoms with Crippen LogP contribution < -0.4 is 4.57 Å². The van der Waals surface area contributed by atoms with E-state index in [-0.39, 0.29) is 0 Å². The average Bonchev–Trinajstić information content (AvgIpc) is 3.31. The minimum atomic E-state index is 0.359. The topological polar surface area (TPSA) is 8.29 Å². The molecular formula is C40H37N2+. The molecule has 2 nitrogen and oxygen atoms in total. The van der Waals surface area contributed by atoms with E-state index in [4.69, 9.17) is 0 Å². The van der Waals surface area contributed by atoms with Gasteiger partial charge in [0.2, 0.25) is 5.52 Å². The zero-order valence-electron chi connectivity index (χ0n) is 24.9. The summed E-state index contributed by atoms with van der Waals surface area (Å²) in [7, 11) is 2.24. The molecule has 7 aromatic rings. The van der Waals surface area contributed by atoms with Crippen LogP contribution in [0, 0.1) is 31.6 Å². The largest absolute Gasteiger partial charge is 0.307 e. The van der Waals surface area contributed by atoms with E-state index in [1.807, 2.05) is 0 Å². The normalized spacial score (nSPS) is 25.3. The molecular weight excluding hydrogens is 508 g/mol. The minimum absolute atomic E-state index is 0.359. The molecule has 3 heterocycles. The smallest absolute Gasteiger partial charge is 0.224 e. The molecule has 3 aromatic heterocycles. The third kappa shape index (κ3) is 2.93. The summed E-state index contributed by atoms with van der Waals surface area (Å²) in [5, 5.41) is 6.97. The summed E-state index contributed by atoms with van der Waals surface area (Å²) in [5.41, 5.74) is 12.8. The molecule has 11 rings (SSSR count). The molecule has 4 saturated carbocycles. The molecule has 0 spiro atoms. The summed E-state index contributed by atoms with van der Waals surface area (Å²) in [4.78, 5) is 0. The van der Waals surface area contributed by atoms with E-state index >= 15 is 0 Å². The summed E-state index contributed by atoms with van der Waals surface area (Å²) in [6.45, 7) is 4.62. The maximum absolute atomic E-state index is 2.66. The van der Waals surface area contributed by atoms with Crippen molar-refractivity contribution in [2.75, 3.05) is 0 Å². The van der Waals surface area contributed by atoms with Crippen LogP contribution in [0.5, 0.6) is 0 Å². The maximum atomic E-state index is 2.66. The lowest BCUT2D eigenvalue weighted by atomic mass is 9.48. The lowest BCUT2D eigenvalue weighted by Gasteiger charge is -2.57. The van der Waals surface area contributed by atoms with E-state index in [0.717, 1.165) is 17.8 Å². The number of rotatable bonds is 2. The summed E-state index contributed by atoms with van der Waals surface area (Å²) in [6, 6.07) is 28.2. The van der Waals surface area contributed by atoms with Crippen LogP contribution in [0.15, 0.2) is 79.0 Å². The second kappa shape index (κ2) is 7.92. The highest BCUT2D eigenvalue weighted by Crippen LogP contribution is 2.61. The number of nitrogens with zero attached hydrogens (tertiary/aromatic N) is 2. The Morgan fingerprint density at radius 2 is 1.45 bits per heavy atom. The van der Waals surface area contributed by atoms with E-state index < -0.39 is 0 Å². The van der Waals surface area contributed by atoms with E-state index in [2.05, 4.69) is 109 Å². The first-order valence-electron chi connectivity index (χ1n) is 16.1. The molecule has 4 aromatic carbocycles. The van der Waals surface area contributed by atoms with Crippen molar-refractivity contribution in [2.45, 2.75) is 57.8 Å². The Labute approximate surface area is 246 Å². The summed E-state index contributed by atoms with van der Waals surface area (Å²) < 4.78 is 5.05. The molecule has 0 unspecified atom stereocenters. The fourth-order valence-corrected chi connectivity index (χ4v) is 10.5. The number of benzene rings is 4. The lowest BCUT2D eigenvalue weighted by molar-refractivity contribution is -0.643. The van der Waals surface area contributed by atoms with Gasteiger partial charge in [0.15, 0.2) is 6.20 Å². The fraction of sp³-hybridized carbons (Fsp3) is 0.325. The van der Waals surface area contributed by atoms with Crippen molar-refractivity contribution in [1.82, 2.24) is 4.40 Å². The van der Waals surface area contributed by atoms with Crippen molar-refractivity contribution in [1.29, 1.82) is 0 Å². The molecule has 206 valence electrons. The highest BCUT2D eigenvalue weighted by molar-refractivity contribution is 6.26. The summed E-state index contributed by atoms with van der Waals surface area (Å²) >= 11 is 0. The third-order valence-corrected chi connectivity index (χ3v) is 12.0. The predicted molar refractivity (Wildman–Crippen MR) is 175 cm³/mol. The van der Waals surface area contributed by atoms with E-state index in [9.17, 15) is 0 Å². The minimum Gasteiger partial charge on any atom is -0.307 e. The van der Waals surface area contributed by atoms with Gasteiger partial charge in [0.1, 0.15) is 7.05 Å². The third-order valence-electron chi connectivity index (χ3n) is 12.0. The van der Waals surface area contributed by atoms with Crippen molar-refractivity contribution >= 4 is 49.0 Å². The van der Waals surface area contributed by atoms with Gasteiger partial charge in [0, 0.05) is 16.8 Å². The van der Waals surface area contributed by atoms with Gasteiger partial charge in [-0.3, -0.25) is 0 Å².